The Morgan fingerprint density at radius 1 is 1.21 bits per heavy atom. The molecule has 2 rings (SSSR count). The van der Waals surface area contributed by atoms with Gasteiger partial charge < -0.3 is 0 Å². The van der Waals surface area contributed by atoms with Gasteiger partial charge in [-0.2, -0.15) is 0 Å². The van der Waals surface area contributed by atoms with E-state index in [0.717, 1.165) is 18.4 Å². The molecular formula is C19H20. The van der Waals surface area contributed by atoms with E-state index < -0.39 is 0 Å². The van der Waals surface area contributed by atoms with E-state index in [1.54, 1.807) is 6.08 Å². The summed E-state index contributed by atoms with van der Waals surface area (Å²) < 4.78 is 0. The van der Waals surface area contributed by atoms with Crippen LogP contribution in [0.2, 0.25) is 0 Å². The lowest BCUT2D eigenvalue weighted by atomic mass is 9.81. The van der Waals surface area contributed by atoms with Crippen molar-refractivity contribution in [2.24, 2.45) is 0 Å². The topological polar surface area (TPSA) is 0 Å². The van der Waals surface area contributed by atoms with Crippen LogP contribution in [0.1, 0.15) is 24.3 Å². The smallest absolute Gasteiger partial charge is 0.0296 e. The summed E-state index contributed by atoms with van der Waals surface area (Å²) >= 11 is 0. The minimum atomic E-state index is 0.280. The van der Waals surface area contributed by atoms with Crippen molar-refractivity contribution < 1.29 is 0 Å². The zero-order chi connectivity index (χ0) is 13.5. The van der Waals surface area contributed by atoms with Gasteiger partial charge in [-0.1, -0.05) is 85.5 Å². The molecule has 0 bridgehead atoms. The van der Waals surface area contributed by atoms with Crippen molar-refractivity contribution in [1.29, 1.82) is 0 Å². The maximum Gasteiger partial charge on any atom is 0.0296 e. The zero-order valence-electron chi connectivity index (χ0n) is 11.3. The lowest BCUT2D eigenvalue weighted by Gasteiger charge is -2.23. The molecule has 1 atom stereocenters. The van der Waals surface area contributed by atoms with Gasteiger partial charge in [-0.3, -0.25) is 0 Å². The van der Waals surface area contributed by atoms with Gasteiger partial charge in [-0.15, -0.1) is 0 Å². The molecular weight excluding hydrogens is 228 g/mol. The van der Waals surface area contributed by atoms with Crippen molar-refractivity contribution in [2.45, 2.75) is 18.8 Å². The maximum absolute atomic E-state index is 4.24. The first-order valence-corrected chi connectivity index (χ1v) is 6.71. The maximum atomic E-state index is 4.24. The van der Waals surface area contributed by atoms with Crippen molar-refractivity contribution in [3.63, 3.8) is 0 Å². The lowest BCUT2D eigenvalue weighted by Crippen LogP contribution is -2.06. The summed E-state index contributed by atoms with van der Waals surface area (Å²) in [6, 6.07) is 10.6. The molecule has 1 unspecified atom stereocenters. The SMILES string of the molecule is C=C/C=C\C(=C)C(C1=CC=CCC1)c1ccccc1. The van der Waals surface area contributed by atoms with Gasteiger partial charge >= 0.3 is 0 Å². The Morgan fingerprint density at radius 2 is 2.00 bits per heavy atom. The second kappa shape index (κ2) is 6.75. The molecule has 19 heavy (non-hydrogen) atoms. The normalized spacial score (nSPS) is 16.1. The number of hydrogen-bond donors (Lipinski definition) is 0. The molecule has 1 aliphatic carbocycles. The van der Waals surface area contributed by atoms with E-state index in [1.807, 2.05) is 6.08 Å². The molecule has 0 amide bonds. The molecule has 1 aliphatic rings. The highest BCUT2D eigenvalue weighted by molar-refractivity contribution is 5.44. The van der Waals surface area contributed by atoms with Crippen LogP contribution in [0.25, 0.3) is 0 Å². The van der Waals surface area contributed by atoms with Crippen LogP contribution in [0.5, 0.6) is 0 Å². The summed E-state index contributed by atoms with van der Waals surface area (Å²) in [4.78, 5) is 0. The van der Waals surface area contributed by atoms with E-state index in [9.17, 15) is 0 Å². The van der Waals surface area contributed by atoms with Crippen LogP contribution in [0.4, 0.5) is 0 Å². The molecule has 0 N–H and O–H groups in total. The Bertz CT molecular complexity index is 526. The first-order valence-electron chi connectivity index (χ1n) is 6.71. The highest BCUT2D eigenvalue weighted by Crippen LogP contribution is 2.35. The van der Waals surface area contributed by atoms with Crippen molar-refractivity contribution >= 4 is 0 Å². The van der Waals surface area contributed by atoms with Gasteiger partial charge in [0.15, 0.2) is 0 Å². The lowest BCUT2D eigenvalue weighted by molar-refractivity contribution is 0.832. The number of allylic oxidation sites excluding steroid dienone is 8. The van der Waals surface area contributed by atoms with Gasteiger partial charge in [0.25, 0.3) is 0 Å². The van der Waals surface area contributed by atoms with Crippen LogP contribution in [-0.2, 0) is 0 Å². The second-order valence-corrected chi connectivity index (χ2v) is 4.72. The van der Waals surface area contributed by atoms with Gasteiger partial charge in [0.2, 0.25) is 0 Å². The third-order valence-electron chi connectivity index (χ3n) is 3.37. The molecule has 0 heteroatoms. The summed E-state index contributed by atoms with van der Waals surface area (Å²) in [6.45, 7) is 7.97. The molecule has 96 valence electrons. The molecule has 1 aromatic carbocycles. The molecule has 0 saturated heterocycles. The fraction of sp³-hybridized carbons (Fsp3) is 0.158. The van der Waals surface area contributed by atoms with Gasteiger partial charge in [0.05, 0.1) is 0 Å². The molecule has 0 radical (unpaired) electrons. The minimum absolute atomic E-state index is 0.280. The Morgan fingerprint density at radius 3 is 2.63 bits per heavy atom. The van der Waals surface area contributed by atoms with Crippen LogP contribution in [0.15, 0.2) is 91.1 Å². The van der Waals surface area contributed by atoms with Crippen LogP contribution in [0.3, 0.4) is 0 Å². The number of benzene rings is 1. The number of hydrogen-bond acceptors (Lipinski definition) is 0. The zero-order valence-corrected chi connectivity index (χ0v) is 11.3. The van der Waals surface area contributed by atoms with Crippen LogP contribution in [-0.4, -0.2) is 0 Å². The van der Waals surface area contributed by atoms with E-state index in [1.165, 1.54) is 11.1 Å². The van der Waals surface area contributed by atoms with Gasteiger partial charge in [-0.25, -0.2) is 0 Å². The molecule has 0 aliphatic heterocycles. The van der Waals surface area contributed by atoms with E-state index in [4.69, 9.17) is 0 Å². The Hall–Kier alpha value is -2.08. The van der Waals surface area contributed by atoms with Crippen LogP contribution < -0.4 is 0 Å². The minimum Gasteiger partial charge on any atom is -0.0991 e. The standard InChI is InChI=1S/C19H20/c1-3-4-11-16(2)19(17-12-7-5-8-13-17)18-14-9-6-10-15-18/h3-9,11-14,19H,1-2,10,15H2/b11-4-. The second-order valence-electron chi connectivity index (χ2n) is 4.72. The predicted octanol–water partition coefficient (Wildman–Crippen LogP) is 5.35. The van der Waals surface area contributed by atoms with Crippen LogP contribution >= 0.6 is 0 Å². The van der Waals surface area contributed by atoms with E-state index in [0.29, 0.717) is 0 Å². The van der Waals surface area contributed by atoms with Crippen molar-refractivity contribution in [3.8, 4) is 0 Å². The first-order chi connectivity index (χ1) is 9.33. The molecule has 1 aromatic rings. The van der Waals surface area contributed by atoms with Gasteiger partial charge in [0.1, 0.15) is 0 Å². The molecule has 0 saturated carbocycles. The monoisotopic (exact) mass is 248 g/mol. The number of rotatable bonds is 5. The average molecular weight is 248 g/mol. The Kier molecular flexibility index (Phi) is 4.74. The molecule has 0 fully saturated rings. The summed E-state index contributed by atoms with van der Waals surface area (Å²) in [5, 5.41) is 0. The van der Waals surface area contributed by atoms with E-state index in [-0.39, 0.29) is 5.92 Å². The highest BCUT2D eigenvalue weighted by Gasteiger charge is 2.18. The fourth-order valence-corrected chi connectivity index (χ4v) is 2.46. The van der Waals surface area contributed by atoms with Gasteiger partial charge in [0, 0.05) is 5.92 Å². The van der Waals surface area contributed by atoms with Gasteiger partial charge in [-0.05, 0) is 24.0 Å². The first kappa shape index (κ1) is 13.4. The summed E-state index contributed by atoms with van der Waals surface area (Å²) in [6.07, 6.45) is 14.6. The summed E-state index contributed by atoms with van der Waals surface area (Å²) in [7, 11) is 0. The summed E-state index contributed by atoms with van der Waals surface area (Å²) in [5.41, 5.74) is 3.86. The molecule has 0 spiro atoms. The van der Waals surface area contributed by atoms with Crippen molar-refractivity contribution in [2.75, 3.05) is 0 Å². The average Bonchev–Trinajstić information content (AvgIpc) is 2.47. The Labute approximate surface area is 116 Å². The molecule has 0 nitrogen and oxygen atoms in total. The van der Waals surface area contributed by atoms with Crippen molar-refractivity contribution in [1.82, 2.24) is 0 Å². The van der Waals surface area contributed by atoms with Crippen LogP contribution in [0, 0.1) is 0 Å². The quantitative estimate of drug-likeness (QED) is 0.616. The fourth-order valence-electron chi connectivity index (χ4n) is 2.46. The van der Waals surface area contributed by atoms with E-state index in [2.05, 4.69) is 67.8 Å². The predicted molar refractivity (Wildman–Crippen MR) is 84.1 cm³/mol. The summed E-state index contributed by atoms with van der Waals surface area (Å²) in [5.74, 6) is 0.280. The largest absolute Gasteiger partial charge is 0.0991 e. The third kappa shape index (κ3) is 3.45. The Balaban J connectivity index is 2.36. The highest BCUT2D eigenvalue weighted by atomic mass is 14.2. The van der Waals surface area contributed by atoms with E-state index >= 15 is 0 Å². The third-order valence-corrected chi connectivity index (χ3v) is 3.37. The molecule has 0 aromatic heterocycles. The van der Waals surface area contributed by atoms with Crippen molar-refractivity contribution in [3.05, 3.63) is 96.7 Å². The molecule has 0 heterocycles.